The van der Waals surface area contributed by atoms with Crippen molar-refractivity contribution in [2.75, 3.05) is 37.8 Å². The van der Waals surface area contributed by atoms with Crippen molar-refractivity contribution in [3.63, 3.8) is 0 Å². The second-order valence-electron chi connectivity index (χ2n) is 8.42. The average Bonchev–Trinajstić information content (AvgIpc) is 3.45. The summed E-state index contributed by atoms with van der Waals surface area (Å²) in [5.74, 6) is -0.217. The minimum absolute atomic E-state index is 0.00137. The topological polar surface area (TPSA) is 88.5 Å². The lowest BCUT2D eigenvalue weighted by atomic mass is 9.94. The van der Waals surface area contributed by atoms with Gasteiger partial charge in [-0.15, -0.1) is 0 Å². The Labute approximate surface area is 202 Å². The fourth-order valence-electron chi connectivity index (χ4n) is 4.33. The van der Waals surface area contributed by atoms with E-state index in [4.69, 9.17) is 14.2 Å². The van der Waals surface area contributed by atoms with Crippen LogP contribution in [-0.2, 0) is 9.59 Å². The molecule has 8 heteroatoms. The van der Waals surface area contributed by atoms with Crippen LogP contribution in [0.1, 0.15) is 17.2 Å². The summed E-state index contributed by atoms with van der Waals surface area (Å²) in [6.07, 6.45) is 0. The van der Waals surface area contributed by atoms with Crippen LogP contribution in [0.4, 0.5) is 11.4 Å². The second kappa shape index (κ2) is 8.72. The molecule has 178 valence electrons. The van der Waals surface area contributed by atoms with Gasteiger partial charge < -0.3 is 24.2 Å². The molecule has 0 saturated carbocycles. The van der Waals surface area contributed by atoms with Gasteiger partial charge in [-0.25, -0.2) is 0 Å². The zero-order valence-electron chi connectivity index (χ0n) is 19.5. The maximum absolute atomic E-state index is 13.4. The smallest absolute Gasteiger partial charge is 0.300 e. The Kier molecular flexibility index (Phi) is 5.56. The molecule has 2 aliphatic heterocycles. The molecule has 0 aromatic heterocycles. The van der Waals surface area contributed by atoms with Crippen LogP contribution in [-0.4, -0.2) is 44.8 Å². The van der Waals surface area contributed by atoms with E-state index in [2.05, 4.69) is 0 Å². The van der Waals surface area contributed by atoms with Crippen LogP contribution in [0.2, 0.25) is 0 Å². The first-order valence-corrected chi connectivity index (χ1v) is 11.0. The lowest BCUT2D eigenvalue weighted by molar-refractivity contribution is -0.132. The fraction of sp³-hybridized carbons (Fsp3) is 0.185. The summed E-state index contributed by atoms with van der Waals surface area (Å²) >= 11 is 0. The Morgan fingerprint density at radius 2 is 1.74 bits per heavy atom. The molecule has 3 aromatic carbocycles. The third-order valence-corrected chi connectivity index (χ3v) is 6.15. The monoisotopic (exact) mass is 472 g/mol. The largest absolute Gasteiger partial charge is 0.507 e. The van der Waals surface area contributed by atoms with Crippen LogP contribution in [0.15, 0.2) is 72.3 Å². The summed E-state index contributed by atoms with van der Waals surface area (Å²) in [4.78, 5) is 30.0. The van der Waals surface area contributed by atoms with Gasteiger partial charge in [-0.05, 0) is 42.0 Å². The van der Waals surface area contributed by atoms with E-state index >= 15 is 0 Å². The minimum Gasteiger partial charge on any atom is -0.507 e. The highest BCUT2D eigenvalue weighted by Gasteiger charge is 2.47. The van der Waals surface area contributed by atoms with Crippen molar-refractivity contribution in [1.82, 2.24) is 0 Å². The molecule has 35 heavy (non-hydrogen) atoms. The second-order valence-corrected chi connectivity index (χ2v) is 8.42. The van der Waals surface area contributed by atoms with E-state index < -0.39 is 17.7 Å². The molecule has 3 aromatic rings. The first-order valence-electron chi connectivity index (χ1n) is 11.0. The highest BCUT2D eigenvalue weighted by Crippen LogP contribution is 2.45. The minimum atomic E-state index is -0.849. The van der Waals surface area contributed by atoms with Crippen molar-refractivity contribution in [3.8, 4) is 17.2 Å². The summed E-state index contributed by atoms with van der Waals surface area (Å²) in [5.41, 5.74) is 2.47. The van der Waals surface area contributed by atoms with Gasteiger partial charge in [-0.2, -0.15) is 0 Å². The summed E-state index contributed by atoms with van der Waals surface area (Å²) in [6.45, 7) is 0.0862. The first-order chi connectivity index (χ1) is 16.9. The van der Waals surface area contributed by atoms with Crippen LogP contribution in [0, 0.1) is 0 Å². The maximum Gasteiger partial charge on any atom is 0.300 e. The SMILES string of the molecule is COc1cccc(/C(O)=C2\C(=O)C(=O)N(c3ccc4c(c3)OCO4)C2c2ccc(N(C)C)cc2)c1. The molecule has 0 spiro atoms. The molecular formula is C27H24N2O6. The van der Waals surface area contributed by atoms with Gasteiger partial charge in [-0.3, -0.25) is 14.5 Å². The van der Waals surface area contributed by atoms with Crippen molar-refractivity contribution < 1.29 is 28.9 Å². The normalized spacial score (nSPS) is 18.1. The number of rotatable bonds is 5. The fourth-order valence-corrected chi connectivity index (χ4v) is 4.33. The molecule has 1 saturated heterocycles. The molecule has 8 nitrogen and oxygen atoms in total. The number of carbonyl (C=O) groups excluding carboxylic acids is 2. The number of aliphatic hydroxyl groups excluding tert-OH is 1. The van der Waals surface area contributed by atoms with Crippen molar-refractivity contribution >= 4 is 28.8 Å². The highest BCUT2D eigenvalue weighted by atomic mass is 16.7. The number of aliphatic hydroxyl groups is 1. The molecule has 2 heterocycles. The quantitative estimate of drug-likeness (QED) is 0.340. The summed E-state index contributed by atoms with van der Waals surface area (Å²) in [5, 5.41) is 11.3. The standard InChI is InChI=1S/C27H24N2O6/c1-28(2)18-9-7-16(8-10-18)24-23(25(30)17-5-4-6-20(13-17)33-3)26(31)27(32)29(24)19-11-12-21-22(14-19)35-15-34-21/h4-14,24,30H,15H2,1-3H3/b25-23+. The van der Waals surface area contributed by atoms with Crippen LogP contribution in [0.3, 0.4) is 0 Å². The third-order valence-electron chi connectivity index (χ3n) is 6.15. The molecule has 2 aliphatic rings. The number of nitrogens with zero attached hydrogens (tertiary/aromatic N) is 2. The Morgan fingerprint density at radius 1 is 1.00 bits per heavy atom. The summed E-state index contributed by atoms with van der Waals surface area (Å²) in [6, 6.07) is 18.5. The third kappa shape index (κ3) is 3.82. The average molecular weight is 472 g/mol. The van der Waals surface area contributed by atoms with Crippen LogP contribution >= 0.6 is 0 Å². The molecule has 1 atom stereocenters. The van der Waals surface area contributed by atoms with E-state index in [1.54, 1.807) is 42.5 Å². The Bertz CT molecular complexity index is 1350. The molecule has 5 rings (SSSR count). The number of benzene rings is 3. The predicted octanol–water partition coefficient (Wildman–Crippen LogP) is 4.12. The van der Waals surface area contributed by atoms with Gasteiger partial charge in [0.15, 0.2) is 11.5 Å². The van der Waals surface area contributed by atoms with E-state index in [1.165, 1.54) is 12.0 Å². The molecule has 1 N–H and O–H groups in total. The molecular weight excluding hydrogens is 448 g/mol. The van der Waals surface area contributed by atoms with Gasteiger partial charge in [0.2, 0.25) is 6.79 Å². The lowest BCUT2D eigenvalue weighted by Gasteiger charge is -2.26. The molecule has 1 fully saturated rings. The molecule has 1 amide bonds. The highest BCUT2D eigenvalue weighted by molar-refractivity contribution is 6.51. The number of anilines is 2. The number of amides is 1. The van der Waals surface area contributed by atoms with Gasteiger partial charge in [0.25, 0.3) is 11.7 Å². The molecule has 0 bridgehead atoms. The van der Waals surface area contributed by atoms with E-state index in [0.717, 1.165) is 5.69 Å². The van der Waals surface area contributed by atoms with Crippen LogP contribution in [0.25, 0.3) is 5.76 Å². The van der Waals surface area contributed by atoms with Gasteiger partial charge in [-0.1, -0.05) is 24.3 Å². The van der Waals surface area contributed by atoms with Crippen molar-refractivity contribution in [3.05, 3.63) is 83.4 Å². The summed E-state index contributed by atoms with van der Waals surface area (Å²) in [7, 11) is 5.37. The molecule has 1 unspecified atom stereocenters. The number of ketones is 1. The number of ether oxygens (including phenoxy) is 3. The number of methoxy groups -OCH3 is 1. The number of fused-ring (bicyclic) bond motifs is 1. The van der Waals surface area contributed by atoms with Gasteiger partial charge in [0.1, 0.15) is 11.5 Å². The van der Waals surface area contributed by atoms with Crippen LogP contribution < -0.4 is 24.0 Å². The van der Waals surface area contributed by atoms with Crippen molar-refractivity contribution in [2.24, 2.45) is 0 Å². The van der Waals surface area contributed by atoms with E-state index in [-0.39, 0.29) is 18.1 Å². The van der Waals surface area contributed by atoms with Crippen molar-refractivity contribution in [1.29, 1.82) is 0 Å². The number of Topliss-reactive ketones (excluding diaryl/α,β-unsaturated/α-hetero) is 1. The van der Waals surface area contributed by atoms with Gasteiger partial charge in [0.05, 0.1) is 18.7 Å². The lowest BCUT2D eigenvalue weighted by Crippen LogP contribution is -2.29. The van der Waals surface area contributed by atoms with Crippen LogP contribution in [0.5, 0.6) is 17.2 Å². The predicted molar refractivity (Wildman–Crippen MR) is 131 cm³/mol. The zero-order chi connectivity index (χ0) is 24.7. The van der Waals surface area contributed by atoms with Gasteiger partial charge in [0, 0.05) is 37.1 Å². The van der Waals surface area contributed by atoms with Crippen molar-refractivity contribution in [2.45, 2.75) is 6.04 Å². The van der Waals surface area contributed by atoms with Gasteiger partial charge >= 0.3 is 0 Å². The number of carbonyl (C=O) groups is 2. The number of hydrogen-bond acceptors (Lipinski definition) is 7. The number of hydrogen-bond donors (Lipinski definition) is 1. The maximum atomic E-state index is 13.4. The Morgan fingerprint density at radius 3 is 2.46 bits per heavy atom. The van der Waals surface area contributed by atoms with E-state index in [0.29, 0.717) is 34.1 Å². The van der Waals surface area contributed by atoms with E-state index in [9.17, 15) is 14.7 Å². The Hall–Kier alpha value is -4.46. The Balaban J connectivity index is 1.69. The molecule has 0 aliphatic carbocycles. The molecule has 0 radical (unpaired) electrons. The first kappa shape index (κ1) is 22.3. The van der Waals surface area contributed by atoms with E-state index in [1.807, 2.05) is 43.3 Å². The zero-order valence-corrected chi connectivity index (χ0v) is 19.5. The summed E-state index contributed by atoms with van der Waals surface area (Å²) < 4.78 is 16.1.